The number of hydrogen-bond acceptors (Lipinski definition) is 4. The van der Waals surface area contributed by atoms with Gasteiger partial charge in [0.15, 0.2) is 0 Å². The van der Waals surface area contributed by atoms with Crippen LogP contribution in [-0.2, 0) is 14.4 Å². The van der Waals surface area contributed by atoms with Crippen LogP contribution in [0.1, 0.15) is 6.42 Å². The van der Waals surface area contributed by atoms with Gasteiger partial charge in [-0.25, -0.2) is 0 Å². The number of carbonyl (C=O) groups excluding carboxylic acids is 1. The monoisotopic (exact) mass is 216 g/mol. The highest BCUT2D eigenvalue weighted by Crippen LogP contribution is 2.04. The van der Waals surface area contributed by atoms with Gasteiger partial charge in [-0.2, -0.15) is 0 Å². The lowest BCUT2D eigenvalue weighted by molar-refractivity contribution is -0.148. The van der Waals surface area contributed by atoms with E-state index in [2.05, 4.69) is 5.32 Å². The van der Waals surface area contributed by atoms with E-state index in [1.54, 1.807) is 0 Å². The van der Waals surface area contributed by atoms with Gasteiger partial charge in [0.05, 0.1) is 12.5 Å². The second-order valence-electron chi connectivity index (χ2n) is 3.26. The van der Waals surface area contributed by atoms with Crippen molar-refractivity contribution in [1.29, 1.82) is 0 Å². The number of nitrogens with one attached hydrogen (secondary N) is 1. The molecular weight excluding hydrogens is 204 g/mol. The third-order valence-electron chi connectivity index (χ3n) is 2.09. The number of carbonyl (C=O) groups is 3. The van der Waals surface area contributed by atoms with Gasteiger partial charge in [-0.05, 0) is 0 Å². The fraction of sp³-hybridized carbons (Fsp3) is 0.625. The predicted molar refractivity (Wildman–Crippen MR) is 48.3 cm³/mol. The number of aliphatic carboxylic acids is 2. The van der Waals surface area contributed by atoms with Gasteiger partial charge < -0.3 is 20.4 Å². The van der Waals surface area contributed by atoms with Crippen LogP contribution in [-0.4, -0.2) is 58.6 Å². The maximum absolute atomic E-state index is 11.5. The second kappa shape index (κ2) is 4.74. The zero-order valence-electron chi connectivity index (χ0n) is 7.97. The number of carboxylic acid groups (broad SMARTS) is 2. The molecule has 1 unspecified atom stereocenters. The Morgan fingerprint density at radius 1 is 1.40 bits per heavy atom. The predicted octanol–water partition coefficient (Wildman–Crippen LogP) is -1.65. The van der Waals surface area contributed by atoms with Crippen LogP contribution in [0.4, 0.5) is 0 Å². The van der Waals surface area contributed by atoms with Crippen LogP contribution in [0.5, 0.6) is 0 Å². The summed E-state index contributed by atoms with van der Waals surface area (Å²) in [4.78, 5) is 33.5. The third kappa shape index (κ3) is 3.21. The molecule has 0 radical (unpaired) electrons. The minimum atomic E-state index is -1.10. The number of piperazine rings is 1. The maximum atomic E-state index is 11.5. The van der Waals surface area contributed by atoms with Crippen LogP contribution in [0, 0.1) is 0 Å². The van der Waals surface area contributed by atoms with E-state index in [9.17, 15) is 14.4 Å². The van der Waals surface area contributed by atoms with E-state index in [0.717, 1.165) is 4.90 Å². The Labute approximate surface area is 85.7 Å². The molecule has 1 fully saturated rings. The molecule has 0 aromatic rings. The molecule has 1 aliphatic heterocycles. The zero-order chi connectivity index (χ0) is 11.4. The van der Waals surface area contributed by atoms with E-state index in [1.807, 2.05) is 0 Å². The van der Waals surface area contributed by atoms with Gasteiger partial charge in [0.25, 0.3) is 0 Å². The lowest BCUT2D eigenvalue weighted by Crippen LogP contribution is -2.56. The smallest absolute Gasteiger partial charge is 0.323 e. The highest BCUT2D eigenvalue weighted by Gasteiger charge is 2.30. The van der Waals surface area contributed by atoms with E-state index >= 15 is 0 Å². The summed E-state index contributed by atoms with van der Waals surface area (Å²) >= 11 is 0. The molecule has 1 saturated heterocycles. The summed E-state index contributed by atoms with van der Waals surface area (Å²) in [6, 6.07) is -0.810. The van der Waals surface area contributed by atoms with Gasteiger partial charge in [0.1, 0.15) is 6.54 Å². The number of rotatable bonds is 4. The minimum Gasteiger partial charge on any atom is -0.481 e. The summed E-state index contributed by atoms with van der Waals surface area (Å²) in [5.41, 5.74) is 0. The summed E-state index contributed by atoms with van der Waals surface area (Å²) in [5.74, 6) is -2.65. The summed E-state index contributed by atoms with van der Waals surface area (Å²) in [6.07, 6.45) is -0.324. The maximum Gasteiger partial charge on any atom is 0.323 e. The molecule has 0 bridgehead atoms. The van der Waals surface area contributed by atoms with Crippen molar-refractivity contribution in [3.05, 3.63) is 0 Å². The van der Waals surface area contributed by atoms with Crippen LogP contribution in [0.2, 0.25) is 0 Å². The van der Waals surface area contributed by atoms with Crippen LogP contribution >= 0.6 is 0 Å². The zero-order valence-corrected chi connectivity index (χ0v) is 7.97. The molecule has 1 heterocycles. The van der Waals surface area contributed by atoms with Crippen molar-refractivity contribution in [3.63, 3.8) is 0 Å². The van der Waals surface area contributed by atoms with Gasteiger partial charge in [-0.15, -0.1) is 0 Å². The lowest BCUT2D eigenvalue weighted by Gasteiger charge is -2.31. The van der Waals surface area contributed by atoms with Crippen LogP contribution in [0.3, 0.4) is 0 Å². The first-order valence-corrected chi connectivity index (χ1v) is 4.46. The number of carboxylic acids is 2. The molecule has 1 atom stereocenters. The molecule has 0 aliphatic carbocycles. The Morgan fingerprint density at radius 3 is 2.60 bits per heavy atom. The largest absolute Gasteiger partial charge is 0.481 e. The molecule has 0 aromatic heterocycles. The van der Waals surface area contributed by atoms with E-state index < -0.39 is 23.9 Å². The SMILES string of the molecule is O=C(O)CC1NCCN(CC(=O)O)C1=O. The van der Waals surface area contributed by atoms with E-state index in [1.165, 1.54) is 0 Å². The standard InChI is InChI=1S/C8H12N2O5/c11-6(12)3-5-8(15)10(2-1-9-5)4-7(13)14/h5,9H,1-4H2,(H,11,12)(H,13,14). The van der Waals surface area contributed by atoms with Crippen molar-refractivity contribution in [2.45, 2.75) is 12.5 Å². The molecular formula is C8H12N2O5. The molecule has 0 spiro atoms. The third-order valence-corrected chi connectivity index (χ3v) is 2.09. The minimum absolute atomic E-state index is 0.293. The van der Waals surface area contributed by atoms with Crippen molar-refractivity contribution in [1.82, 2.24) is 10.2 Å². The topological polar surface area (TPSA) is 107 Å². The molecule has 7 nitrogen and oxygen atoms in total. The van der Waals surface area contributed by atoms with Crippen LogP contribution < -0.4 is 5.32 Å². The first-order valence-electron chi connectivity index (χ1n) is 4.46. The molecule has 0 saturated carbocycles. The van der Waals surface area contributed by atoms with Crippen molar-refractivity contribution < 1.29 is 24.6 Å². The number of nitrogens with zero attached hydrogens (tertiary/aromatic N) is 1. The Hall–Kier alpha value is -1.63. The van der Waals surface area contributed by atoms with Crippen LogP contribution in [0.15, 0.2) is 0 Å². The summed E-state index contributed by atoms with van der Waals surface area (Å²) in [7, 11) is 0. The molecule has 3 N–H and O–H groups in total. The second-order valence-corrected chi connectivity index (χ2v) is 3.26. The Kier molecular flexibility index (Phi) is 3.62. The van der Waals surface area contributed by atoms with Gasteiger partial charge in [-0.3, -0.25) is 14.4 Å². The average molecular weight is 216 g/mol. The van der Waals surface area contributed by atoms with Gasteiger partial charge in [0, 0.05) is 13.1 Å². The average Bonchev–Trinajstić information content (AvgIpc) is 2.10. The molecule has 7 heteroatoms. The van der Waals surface area contributed by atoms with Gasteiger partial charge >= 0.3 is 11.9 Å². The first-order chi connectivity index (χ1) is 7.00. The van der Waals surface area contributed by atoms with Gasteiger partial charge in [-0.1, -0.05) is 0 Å². The van der Waals surface area contributed by atoms with Crippen LogP contribution in [0.25, 0.3) is 0 Å². The fourth-order valence-electron chi connectivity index (χ4n) is 1.45. The molecule has 1 amide bonds. The molecule has 0 aromatic carbocycles. The van der Waals surface area contributed by atoms with Crippen molar-refractivity contribution in [2.75, 3.05) is 19.6 Å². The van der Waals surface area contributed by atoms with E-state index in [-0.39, 0.29) is 13.0 Å². The van der Waals surface area contributed by atoms with Gasteiger partial charge in [0.2, 0.25) is 5.91 Å². The van der Waals surface area contributed by atoms with Crippen molar-refractivity contribution in [2.24, 2.45) is 0 Å². The number of hydrogen-bond donors (Lipinski definition) is 3. The fourth-order valence-corrected chi connectivity index (χ4v) is 1.45. The summed E-state index contributed by atoms with van der Waals surface area (Å²) in [5, 5.41) is 19.8. The molecule has 1 aliphatic rings. The summed E-state index contributed by atoms with van der Waals surface area (Å²) < 4.78 is 0. The van der Waals surface area contributed by atoms with E-state index in [0.29, 0.717) is 13.1 Å². The summed E-state index contributed by atoms with van der Waals surface area (Å²) in [6.45, 7) is 0.328. The molecule has 1 rings (SSSR count). The van der Waals surface area contributed by atoms with E-state index in [4.69, 9.17) is 10.2 Å². The first kappa shape index (κ1) is 11.4. The van der Waals surface area contributed by atoms with Crippen molar-refractivity contribution in [3.8, 4) is 0 Å². The Balaban J connectivity index is 2.58. The highest BCUT2D eigenvalue weighted by atomic mass is 16.4. The quantitative estimate of drug-likeness (QED) is 0.519. The Bertz CT molecular complexity index is 265. The lowest BCUT2D eigenvalue weighted by atomic mass is 10.1. The Morgan fingerprint density at radius 2 is 2.07 bits per heavy atom. The molecule has 15 heavy (non-hydrogen) atoms. The van der Waals surface area contributed by atoms with Crippen molar-refractivity contribution >= 4 is 17.8 Å². The highest BCUT2D eigenvalue weighted by molar-refractivity contribution is 5.89. The molecule has 84 valence electrons. The normalized spacial score (nSPS) is 21.5. The number of amides is 1.